The van der Waals surface area contributed by atoms with Crippen LogP contribution >= 0.6 is 11.6 Å². The highest BCUT2D eigenvalue weighted by molar-refractivity contribution is 6.30. The second-order valence-electron chi connectivity index (χ2n) is 5.05. The van der Waals surface area contributed by atoms with Crippen molar-refractivity contribution in [2.45, 2.75) is 32.8 Å². The summed E-state index contributed by atoms with van der Waals surface area (Å²) >= 11 is 5.77. The van der Waals surface area contributed by atoms with Gasteiger partial charge in [0.05, 0.1) is 6.61 Å². The van der Waals surface area contributed by atoms with Crippen molar-refractivity contribution in [1.29, 1.82) is 0 Å². The molecule has 0 bridgehead atoms. The molecule has 1 rings (SSSR count). The summed E-state index contributed by atoms with van der Waals surface area (Å²) in [7, 11) is 0. The molecule has 0 aliphatic carbocycles. The van der Waals surface area contributed by atoms with E-state index in [0.717, 1.165) is 0 Å². The van der Waals surface area contributed by atoms with Crippen LogP contribution in [0.4, 0.5) is 8.78 Å². The van der Waals surface area contributed by atoms with E-state index in [1.165, 1.54) is 31.2 Å². The Balaban J connectivity index is 3.35. The van der Waals surface area contributed by atoms with Crippen LogP contribution in [0.1, 0.15) is 26.3 Å². The molecule has 2 atom stereocenters. The fraction of sp³-hybridized carbons (Fsp3) is 0.533. The number of hydrogen-bond acceptors (Lipinski definition) is 3. The van der Waals surface area contributed by atoms with Gasteiger partial charge in [-0.3, -0.25) is 4.79 Å². The zero-order valence-corrected chi connectivity index (χ0v) is 12.9. The molecular formula is C15H19ClF2O3. The fourth-order valence-electron chi connectivity index (χ4n) is 2.30. The number of esters is 1. The van der Waals surface area contributed by atoms with Gasteiger partial charge in [0.25, 0.3) is 6.43 Å². The Labute approximate surface area is 127 Å². The molecular weight excluding hydrogens is 302 g/mol. The summed E-state index contributed by atoms with van der Waals surface area (Å²) in [5.41, 5.74) is -1.83. The van der Waals surface area contributed by atoms with Gasteiger partial charge in [-0.25, -0.2) is 8.78 Å². The van der Waals surface area contributed by atoms with Gasteiger partial charge in [0, 0.05) is 5.02 Å². The highest BCUT2D eigenvalue weighted by atomic mass is 35.5. The zero-order chi connectivity index (χ0) is 16.2. The van der Waals surface area contributed by atoms with Gasteiger partial charge in [-0.15, -0.1) is 0 Å². The van der Waals surface area contributed by atoms with Gasteiger partial charge < -0.3 is 9.84 Å². The number of benzene rings is 1. The average molecular weight is 321 g/mol. The Morgan fingerprint density at radius 1 is 1.33 bits per heavy atom. The molecule has 0 aliphatic heterocycles. The molecule has 1 aromatic carbocycles. The van der Waals surface area contributed by atoms with Gasteiger partial charge in [-0.2, -0.15) is 0 Å². The van der Waals surface area contributed by atoms with E-state index in [-0.39, 0.29) is 12.2 Å². The van der Waals surface area contributed by atoms with Gasteiger partial charge >= 0.3 is 5.97 Å². The van der Waals surface area contributed by atoms with E-state index in [9.17, 15) is 18.7 Å². The molecule has 0 heterocycles. The minimum Gasteiger partial charge on any atom is -0.466 e. The zero-order valence-electron chi connectivity index (χ0n) is 12.1. The molecule has 3 nitrogen and oxygen atoms in total. The van der Waals surface area contributed by atoms with Gasteiger partial charge in [-0.1, -0.05) is 37.6 Å². The minimum atomic E-state index is -3.05. The van der Waals surface area contributed by atoms with Gasteiger partial charge in [0.2, 0.25) is 0 Å². The summed E-state index contributed by atoms with van der Waals surface area (Å²) in [5.74, 6) is -3.70. The number of ether oxygens (including phenoxy) is 1. The third-order valence-electron chi connectivity index (χ3n) is 3.45. The molecule has 0 radical (unpaired) electrons. The van der Waals surface area contributed by atoms with Crippen molar-refractivity contribution < 1.29 is 23.4 Å². The summed E-state index contributed by atoms with van der Waals surface area (Å²) in [5, 5.41) is 11.3. The maximum absolute atomic E-state index is 13.4. The average Bonchev–Trinajstić information content (AvgIpc) is 2.38. The topological polar surface area (TPSA) is 46.5 Å². The number of rotatable bonds is 6. The van der Waals surface area contributed by atoms with Crippen molar-refractivity contribution in [2.75, 3.05) is 6.61 Å². The largest absolute Gasteiger partial charge is 0.466 e. The van der Waals surface area contributed by atoms with E-state index in [4.69, 9.17) is 16.3 Å². The van der Waals surface area contributed by atoms with Crippen LogP contribution in [0.5, 0.6) is 0 Å². The lowest BCUT2D eigenvalue weighted by Gasteiger charge is -2.38. The van der Waals surface area contributed by atoms with E-state index < -0.39 is 29.8 Å². The Bertz CT molecular complexity index is 476. The molecule has 0 spiro atoms. The highest BCUT2D eigenvalue weighted by Crippen LogP contribution is 2.41. The first-order valence-corrected chi connectivity index (χ1v) is 7.06. The summed E-state index contributed by atoms with van der Waals surface area (Å²) in [6.07, 6.45) is -3.05. The third kappa shape index (κ3) is 3.71. The first-order chi connectivity index (χ1) is 9.75. The smallest absolute Gasteiger partial charge is 0.318 e. The minimum absolute atomic E-state index is 0.0309. The SMILES string of the molecule is CCOC(=O)C(C(F)F)C(O)(c1ccc(Cl)cc1)C(C)C. The van der Waals surface area contributed by atoms with Crippen molar-refractivity contribution in [1.82, 2.24) is 0 Å². The molecule has 0 fully saturated rings. The second kappa shape index (κ2) is 7.18. The number of hydrogen-bond donors (Lipinski definition) is 1. The van der Waals surface area contributed by atoms with E-state index in [0.29, 0.717) is 5.02 Å². The van der Waals surface area contributed by atoms with Crippen LogP contribution in [0, 0.1) is 11.8 Å². The van der Waals surface area contributed by atoms with Crippen LogP contribution < -0.4 is 0 Å². The third-order valence-corrected chi connectivity index (χ3v) is 3.71. The maximum Gasteiger partial charge on any atom is 0.318 e. The Morgan fingerprint density at radius 2 is 1.86 bits per heavy atom. The van der Waals surface area contributed by atoms with Crippen LogP contribution in [0.25, 0.3) is 0 Å². The van der Waals surface area contributed by atoms with E-state index in [1.807, 2.05) is 0 Å². The first kappa shape index (κ1) is 17.9. The molecule has 1 N–H and O–H groups in total. The summed E-state index contributed by atoms with van der Waals surface area (Å²) in [6, 6.07) is 5.85. The summed E-state index contributed by atoms with van der Waals surface area (Å²) in [6.45, 7) is 4.64. The number of carbonyl (C=O) groups is 1. The second-order valence-corrected chi connectivity index (χ2v) is 5.49. The van der Waals surface area contributed by atoms with Crippen LogP contribution in [-0.4, -0.2) is 24.1 Å². The number of halogens is 3. The Kier molecular flexibility index (Phi) is 6.10. The molecule has 6 heteroatoms. The molecule has 1 aromatic rings. The fourth-order valence-corrected chi connectivity index (χ4v) is 2.42. The molecule has 118 valence electrons. The molecule has 0 amide bonds. The first-order valence-electron chi connectivity index (χ1n) is 6.68. The predicted octanol–water partition coefficient (Wildman–Crippen LogP) is 3.63. The maximum atomic E-state index is 13.4. The molecule has 0 saturated carbocycles. The summed E-state index contributed by atoms with van der Waals surface area (Å²) < 4.78 is 31.5. The van der Waals surface area contributed by atoms with Crippen LogP contribution in [0.3, 0.4) is 0 Å². The normalized spacial score (nSPS) is 15.9. The van der Waals surface area contributed by atoms with Gasteiger partial charge in [-0.05, 0) is 30.5 Å². The monoisotopic (exact) mass is 320 g/mol. The van der Waals surface area contributed by atoms with Crippen molar-refractivity contribution in [2.24, 2.45) is 11.8 Å². The van der Waals surface area contributed by atoms with E-state index >= 15 is 0 Å². The van der Waals surface area contributed by atoms with Crippen molar-refractivity contribution >= 4 is 17.6 Å². The van der Waals surface area contributed by atoms with Crippen molar-refractivity contribution in [3.8, 4) is 0 Å². The number of aliphatic hydroxyl groups is 1. The molecule has 21 heavy (non-hydrogen) atoms. The molecule has 0 aromatic heterocycles. The lowest BCUT2D eigenvalue weighted by Crippen LogP contribution is -2.48. The van der Waals surface area contributed by atoms with Crippen molar-refractivity contribution in [3.05, 3.63) is 34.9 Å². The van der Waals surface area contributed by atoms with Crippen LogP contribution in [0.15, 0.2) is 24.3 Å². The molecule has 2 unspecified atom stereocenters. The molecule has 0 saturated heterocycles. The van der Waals surface area contributed by atoms with Crippen molar-refractivity contribution in [3.63, 3.8) is 0 Å². The Hall–Kier alpha value is -1.20. The van der Waals surface area contributed by atoms with E-state index in [1.54, 1.807) is 13.8 Å². The van der Waals surface area contributed by atoms with E-state index in [2.05, 4.69) is 0 Å². The quantitative estimate of drug-likeness (QED) is 0.814. The summed E-state index contributed by atoms with van der Waals surface area (Å²) in [4.78, 5) is 11.9. The Morgan fingerprint density at radius 3 is 2.24 bits per heavy atom. The molecule has 0 aliphatic rings. The standard InChI is InChI=1S/C15H19ClF2O3/c1-4-21-14(19)12(13(17)18)15(20,9(2)3)10-5-7-11(16)8-6-10/h5-9,12-13,20H,4H2,1-3H3. The van der Waals surface area contributed by atoms with Gasteiger partial charge in [0.15, 0.2) is 5.92 Å². The lowest BCUT2D eigenvalue weighted by atomic mass is 9.73. The van der Waals surface area contributed by atoms with Crippen LogP contribution in [-0.2, 0) is 15.1 Å². The lowest BCUT2D eigenvalue weighted by molar-refractivity contribution is -0.178. The highest BCUT2D eigenvalue weighted by Gasteiger charge is 2.51. The number of alkyl halides is 2. The number of carbonyl (C=O) groups excluding carboxylic acids is 1. The predicted molar refractivity (Wildman–Crippen MR) is 76.3 cm³/mol. The van der Waals surface area contributed by atoms with Gasteiger partial charge in [0.1, 0.15) is 5.60 Å². The van der Waals surface area contributed by atoms with Crippen LogP contribution in [0.2, 0.25) is 5.02 Å².